The molecule has 8 heteroatoms. The molecule has 0 bridgehead atoms. The zero-order valence-electron chi connectivity index (χ0n) is 20.8. The number of carbonyl (C=O) groups is 2. The third-order valence-corrected chi connectivity index (χ3v) is 6.60. The number of methoxy groups -OCH3 is 2. The van der Waals surface area contributed by atoms with Crippen molar-refractivity contribution in [3.63, 3.8) is 0 Å². The van der Waals surface area contributed by atoms with Crippen molar-refractivity contribution in [1.29, 1.82) is 0 Å². The van der Waals surface area contributed by atoms with Gasteiger partial charge in [-0.15, -0.1) is 0 Å². The maximum atomic E-state index is 13.6. The predicted octanol–water partition coefficient (Wildman–Crippen LogP) is 3.98. The highest BCUT2D eigenvalue weighted by Crippen LogP contribution is 2.35. The number of benzene rings is 1. The van der Waals surface area contributed by atoms with E-state index in [9.17, 15) is 9.59 Å². The van der Waals surface area contributed by atoms with Crippen LogP contribution in [-0.4, -0.2) is 60.1 Å². The van der Waals surface area contributed by atoms with Gasteiger partial charge in [0.2, 0.25) is 5.91 Å². The first kappa shape index (κ1) is 24.6. The van der Waals surface area contributed by atoms with E-state index in [0.29, 0.717) is 31.2 Å². The van der Waals surface area contributed by atoms with Gasteiger partial charge in [-0.2, -0.15) is 0 Å². The van der Waals surface area contributed by atoms with Crippen LogP contribution in [0.25, 0.3) is 5.65 Å². The van der Waals surface area contributed by atoms with Crippen molar-refractivity contribution < 1.29 is 23.8 Å². The minimum absolute atomic E-state index is 0.00662. The number of hydrogen-bond donors (Lipinski definition) is 0. The Bertz CT molecular complexity index is 1180. The summed E-state index contributed by atoms with van der Waals surface area (Å²) in [6.45, 7) is 5.19. The zero-order valence-corrected chi connectivity index (χ0v) is 20.8. The van der Waals surface area contributed by atoms with Crippen LogP contribution in [0.2, 0.25) is 0 Å². The SMILES string of the molecule is CCOC(=O)C1CCCN(C(=O)CC(c2cc(OC)cc(OC)c2)c2cnc3cc(C)ccn23)C1. The first-order chi connectivity index (χ1) is 16.9. The smallest absolute Gasteiger partial charge is 0.310 e. The van der Waals surface area contributed by atoms with E-state index in [1.807, 2.05) is 54.0 Å². The summed E-state index contributed by atoms with van der Waals surface area (Å²) in [6.07, 6.45) is 5.57. The van der Waals surface area contributed by atoms with E-state index in [1.54, 1.807) is 26.0 Å². The molecule has 8 nitrogen and oxygen atoms in total. The summed E-state index contributed by atoms with van der Waals surface area (Å²) < 4.78 is 18.2. The number of ether oxygens (including phenoxy) is 3. The monoisotopic (exact) mass is 479 g/mol. The van der Waals surface area contributed by atoms with Crippen LogP contribution < -0.4 is 9.47 Å². The van der Waals surface area contributed by atoms with Gasteiger partial charge < -0.3 is 23.5 Å². The number of nitrogens with zero attached hydrogens (tertiary/aromatic N) is 3. The predicted molar refractivity (Wildman–Crippen MR) is 132 cm³/mol. The molecule has 35 heavy (non-hydrogen) atoms. The lowest BCUT2D eigenvalue weighted by molar-refractivity contribution is -0.151. The highest BCUT2D eigenvalue weighted by Gasteiger charge is 2.32. The van der Waals surface area contributed by atoms with E-state index >= 15 is 0 Å². The van der Waals surface area contributed by atoms with Gasteiger partial charge in [-0.25, -0.2) is 4.98 Å². The van der Waals surface area contributed by atoms with Gasteiger partial charge in [0.1, 0.15) is 17.1 Å². The largest absolute Gasteiger partial charge is 0.497 e. The van der Waals surface area contributed by atoms with Crippen LogP contribution in [0.15, 0.2) is 42.7 Å². The van der Waals surface area contributed by atoms with Gasteiger partial charge in [-0.1, -0.05) is 0 Å². The van der Waals surface area contributed by atoms with Gasteiger partial charge in [0.25, 0.3) is 0 Å². The Kier molecular flexibility index (Phi) is 7.58. The van der Waals surface area contributed by atoms with Crippen molar-refractivity contribution in [2.24, 2.45) is 5.92 Å². The summed E-state index contributed by atoms with van der Waals surface area (Å²) in [5.41, 5.74) is 3.75. The Morgan fingerprint density at radius 3 is 2.57 bits per heavy atom. The van der Waals surface area contributed by atoms with Crippen molar-refractivity contribution in [3.05, 3.63) is 59.5 Å². The molecule has 0 aliphatic carbocycles. The van der Waals surface area contributed by atoms with Crippen LogP contribution in [-0.2, 0) is 14.3 Å². The number of esters is 1. The van der Waals surface area contributed by atoms with Gasteiger partial charge in [-0.3, -0.25) is 9.59 Å². The molecule has 4 rings (SSSR count). The molecule has 186 valence electrons. The fraction of sp³-hybridized carbons (Fsp3) is 0.444. The maximum absolute atomic E-state index is 13.6. The van der Waals surface area contributed by atoms with Crippen LogP contribution in [0.1, 0.15) is 48.9 Å². The Labute approximate surface area is 205 Å². The number of piperidine rings is 1. The molecule has 2 atom stereocenters. The van der Waals surface area contributed by atoms with Crippen molar-refractivity contribution in [1.82, 2.24) is 14.3 Å². The Hall–Kier alpha value is -3.55. The summed E-state index contributed by atoms with van der Waals surface area (Å²) in [7, 11) is 3.22. The minimum atomic E-state index is -0.285. The molecule has 3 aromatic rings. The standard InChI is InChI=1S/C27H33N3O5/c1-5-35-27(32)19-7-6-9-29(17-19)26(31)15-23(20-12-21(33-3)14-22(13-20)34-4)24-16-28-25-11-18(2)8-10-30(24)25/h8,10-14,16,19,23H,5-7,9,15,17H2,1-4H3. The van der Waals surface area contributed by atoms with E-state index in [4.69, 9.17) is 14.2 Å². The van der Waals surface area contributed by atoms with Crippen molar-refractivity contribution in [3.8, 4) is 11.5 Å². The van der Waals surface area contributed by atoms with Gasteiger partial charge in [0.05, 0.1) is 32.4 Å². The molecule has 1 saturated heterocycles. The van der Waals surface area contributed by atoms with Crippen molar-refractivity contribution in [2.45, 2.75) is 39.0 Å². The average Bonchev–Trinajstić information content (AvgIpc) is 3.29. The van der Waals surface area contributed by atoms with Gasteiger partial charge >= 0.3 is 5.97 Å². The number of rotatable bonds is 8. The first-order valence-corrected chi connectivity index (χ1v) is 12.0. The summed E-state index contributed by atoms with van der Waals surface area (Å²) in [5.74, 6) is 0.515. The van der Waals surface area contributed by atoms with Gasteiger partial charge in [-0.05, 0) is 62.1 Å². The fourth-order valence-electron chi connectivity index (χ4n) is 4.74. The molecule has 0 saturated carbocycles. The van der Waals surface area contributed by atoms with Gasteiger partial charge in [0.15, 0.2) is 0 Å². The number of hydrogen-bond acceptors (Lipinski definition) is 6. The second-order valence-corrected chi connectivity index (χ2v) is 8.95. The van der Waals surface area contributed by atoms with E-state index in [0.717, 1.165) is 35.3 Å². The van der Waals surface area contributed by atoms with E-state index in [1.165, 1.54) is 0 Å². The Balaban J connectivity index is 1.68. The Morgan fingerprint density at radius 1 is 1.14 bits per heavy atom. The van der Waals surface area contributed by atoms with E-state index < -0.39 is 0 Å². The average molecular weight is 480 g/mol. The lowest BCUT2D eigenvalue weighted by atomic mass is 9.90. The van der Waals surface area contributed by atoms with Crippen LogP contribution in [0, 0.1) is 12.8 Å². The quantitative estimate of drug-likeness (QED) is 0.455. The summed E-state index contributed by atoms with van der Waals surface area (Å²) in [6, 6.07) is 9.73. The Morgan fingerprint density at radius 2 is 1.89 bits per heavy atom. The summed E-state index contributed by atoms with van der Waals surface area (Å²) >= 11 is 0. The topological polar surface area (TPSA) is 82.4 Å². The molecule has 1 aliphatic rings. The van der Waals surface area contributed by atoms with E-state index in [2.05, 4.69) is 4.98 Å². The molecule has 1 aliphatic heterocycles. The molecule has 1 aromatic carbocycles. The highest BCUT2D eigenvalue weighted by atomic mass is 16.5. The number of aromatic nitrogens is 2. The molecule has 0 spiro atoms. The maximum Gasteiger partial charge on any atom is 0.310 e. The number of likely N-dealkylation sites (tertiary alicyclic amines) is 1. The normalized spacial score (nSPS) is 16.7. The molecular weight excluding hydrogens is 446 g/mol. The van der Waals surface area contributed by atoms with E-state index in [-0.39, 0.29) is 30.1 Å². The van der Waals surface area contributed by atoms with Crippen LogP contribution >= 0.6 is 0 Å². The first-order valence-electron chi connectivity index (χ1n) is 12.0. The van der Waals surface area contributed by atoms with Crippen molar-refractivity contribution in [2.75, 3.05) is 33.9 Å². The number of carbonyl (C=O) groups excluding carboxylic acids is 2. The second-order valence-electron chi connectivity index (χ2n) is 8.95. The van der Waals surface area contributed by atoms with Crippen LogP contribution in [0.4, 0.5) is 0 Å². The molecule has 0 radical (unpaired) electrons. The summed E-state index contributed by atoms with van der Waals surface area (Å²) in [4.78, 5) is 32.3. The molecule has 0 N–H and O–H groups in total. The summed E-state index contributed by atoms with van der Waals surface area (Å²) in [5, 5.41) is 0. The van der Waals surface area contributed by atoms with Crippen LogP contribution in [0.3, 0.4) is 0 Å². The highest BCUT2D eigenvalue weighted by molar-refractivity contribution is 5.80. The zero-order chi connectivity index (χ0) is 24.9. The molecule has 3 heterocycles. The lowest BCUT2D eigenvalue weighted by Crippen LogP contribution is -2.43. The lowest BCUT2D eigenvalue weighted by Gasteiger charge is -2.32. The number of fused-ring (bicyclic) bond motifs is 1. The van der Waals surface area contributed by atoms with Crippen LogP contribution in [0.5, 0.6) is 11.5 Å². The molecule has 2 aromatic heterocycles. The number of amides is 1. The third-order valence-electron chi connectivity index (χ3n) is 6.60. The second kappa shape index (κ2) is 10.8. The van der Waals surface area contributed by atoms with Crippen molar-refractivity contribution >= 4 is 17.5 Å². The molecular formula is C27H33N3O5. The fourth-order valence-corrected chi connectivity index (χ4v) is 4.74. The number of imidazole rings is 1. The third kappa shape index (κ3) is 5.42. The molecule has 2 unspecified atom stereocenters. The number of aryl methyl sites for hydroxylation is 1. The van der Waals surface area contributed by atoms with Gasteiger partial charge in [0, 0.05) is 43.9 Å². The number of pyridine rings is 1. The molecule has 1 fully saturated rings. The molecule has 1 amide bonds. The minimum Gasteiger partial charge on any atom is -0.497 e.